The summed E-state index contributed by atoms with van der Waals surface area (Å²) in [7, 11) is 0. The number of carbonyl (C=O) groups excluding carboxylic acids is 1. The van der Waals surface area contributed by atoms with Crippen LogP contribution in [0.4, 0.5) is 0 Å². The number of aldehydes is 1. The molecule has 1 unspecified atom stereocenters. The van der Waals surface area contributed by atoms with Crippen LogP contribution in [0.3, 0.4) is 0 Å². The van der Waals surface area contributed by atoms with Gasteiger partial charge < -0.3 is 15.0 Å². The highest BCUT2D eigenvalue weighted by Crippen LogP contribution is 2.31. The quantitative estimate of drug-likeness (QED) is 0.446. The zero-order chi connectivity index (χ0) is 9.84. The van der Waals surface area contributed by atoms with Crippen LogP contribution in [0.1, 0.15) is 17.4 Å². The molecule has 0 radical (unpaired) electrons. The van der Waals surface area contributed by atoms with Gasteiger partial charge in [0.1, 0.15) is 6.29 Å². The van der Waals surface area contributed by atoms with Gasteiger partial charge in [0.25, 0.3) is 0 Å². The largest absolute Gasteiger partial charge is 0.504 e. The summed E-state index contributed by atoms with van der Waals surface area (Å²) in [5.74, 6) is -0.423. The van der Waals surface area contributed by atoms with Gasteiger partial charge in [-0.2, -0.15) is 0 Å². The van der Waals surface area contributed by atoms with Gasteiger partial charge in [0.15, 0.2) is 11.5 Å². The van der Waals surface area contributed by atoms with Crippen molar-refractivity contribution in [3.8, 4) is 11.5 Å². The smallest absolute Gasteiger partial charge is 0.157 e. The summed E-state index contributed by atoms with van der Waals surface area (Å²) in [4.78, 5) is 10.1. The number of benzene rings is 1. The van der Waals surface area contributed by atoms with E-state index in [-0.39, 0.29) is 17.9 Å². The Morgan fingerprint density at radius 2 is 2.08 bits per heavy atom. The van der Waals surface area contributed by atoms with Crippen molar-refractivity contribution in [2.75, 3.05) is 0 Å². The SMILES string of the molecule is O=CCC(Cl)c1ccc(O)c(O)c1. The summed E-state index contributed by atoms with van der Waals surface area (Å²) in [5.41, 5.74) is 0.615. The first-order chi connectivity index (χ1) is 6.15. The topological polar surface area (TPSA) is 57.5 Å². The van der Waals surface area contributed by atoms with E-state index in [1.54, 1.807) is 6.07 Å². The summed E-state index contributed by atoms with van der Waals surface area (Å²) in [5, 5.41) is 17.7. The van der Waals surface area contributed by atoms with E-state index in [2.05, 4.69) is 0 Å². The van der Waals surface area contributed by atoms with Gasteiger partial charge in [0, 0.05) is 6.42 Å². The Labute approximate surface area is 80.6 Å². The number of halogens is 1. The van der Waals surface area contributed by atoms with Crippen molar-refractivity contribution in [1.82, 2.24) is 0 Å². The van der Waals surface area contributed by atoms with Crippen LogP contribution in [0.25, 0.3) is 0 Å². The minimum Gasteiger partial charge on any atom is -0.504 e. The lowest BCUT2D eigenvalue weighted by molar-refractivity contribution is -0.107. The van der Waals surface area contributed by atoms with Crippen LogP contribution in [-0.2, 0) is 4.79 Å². The van der Waals surface area contributed by atoms with Crippen LogP contribution in [-0.4, -0.2) is 16.5 Å². The Balaban J connectivity index is 2.89. The molecule has 0 aliphatic rings. The fraction of sp³-hybridized carbons (Fsp3) is 0.222. The maximum Gasteiger partial charge on any atom is 0.157 e. The summed E-state index contributed by atoms with van der Waals surface area (Å²) >= 11 is 5.81. The predicted octanol–water partition coefficient (Wildman–Crippen LogP) is 1.97. The zero-order valence-electron chi connectivity index (χ0n) is 6.77. The molecule has 0 aliphatic heterocycles. The van der Waals surface area contributed by atoms with E-state index in [0.29, 0.717) is 11.8 Å². The van der Waals surface area contributed by atoms with Crippen molar-refractivity contribution in [2.45, 2.75) is 11.8 Å². The van der Waals surface area contributed by atoms with E-state index in [1.165, 1.54) is 12.1 Å². The van der Waals surface area contributed by atoms with Gasteiger partial charge in [0.2, 0.25) is 0 Å². The molecular weight excluding hydrogens is 192 g/mol. The second kappa shape index (κ2) is 4.14. The molecule has 3 nitrogen and oxygen atoms in total. The second-order valence-electron chi connectivity index (χ2n) is 2.62. The highest BCUT2D eigenvalue weighted by molar-refractivity contribution is 6.21. The number of alkyl halides is 1. The first-order valence-electron chi connectivity index (χ1n) is 3.74. The standard InChI is InChI=1S/C9H9ClO3/c10-7(3-4-11)6-1-2-8(12)9(13)5-6/h1-2,4-5,7,12-13H,3H2. The van der Waals surface area contributed by atoms with E-state index in [9.17, 15) is 4.79 Å². The van der Waals surface area contributed by atoms with Gasteiger partial charge >= 0.3 is 0 Å². The normalized spacial score (nSPS) is 12.4. The molecule has 4 heteroatoms. The molecule has 13 heavy (non-hydrogen) atoms. The first-order valence-corrected chi connectivity index (χ1v) is 4.18. The first kappa shape index (κ1) is 9.86. The lowest BCUT2D eigenvalue weighted by atomic mass is 10.1. The summed E-state index contributed by atoms with van der Waals surface area (Å²) < 4.78 is 0. The molecule has 0 spiro atoms. The molecular formula is C9H9ClO3. The van der Waals surface area contributed by atoms with Gasteiger partial charge in [-0.05, 0) is 17.7 Å². The van der Waals surface area contributed by atoms with Gasteiger partial charge in [0.05, 0.1) is 5.38 Å². The van der Waals surface area contributed by atoms with Crippen molar-refractivity contribution >= 4 is 17.9 Å². The van der Waals surface area contributed by atoms with E-state index in [0.717, 1.165) is 0 Å². The summed E-state index contributed by atoms with van der Waals surface area (Å²) in [6, 6.07) is 4.25. The number of aromatic hydroxyl groups is 2. The average molecular weight is 201 g/mol. The van der Waals surface area contributed by atoms with Crippen LogP contribution in [0.2, 0.25) is 0 Å². The van der Waals surface area contributed by atoms with Crippen LogP contribution in [0.15, 0.2) is 18.2 Å². The second-order valence-corrected chi connectivity index (χ2v) is 3.14. The molecule has 1 aromatic rings. The molecule has 70 valence electrons. The number of carbonyl (C=O) groups is 1. The maximum absolute atomic E-state index is 10.1. The third-order valence-corrected chi connectivity index (χ3v) is 2.09. The van der Waals surface area contributed by atoms with Crippen LogP contribution >= 0.6 is 11.6 Å². The minimum atomic E-state index is -0.455. The predicted molar refractivity (Wildman–Crippen MR) is 49.0 cm³/mol. The van der Waals surface area contributed by atoms with E-state index >= 15 is 0 Å². The molecule has 1 aromatic carbocycles. The third-order valence-electron chi connectivity index (χ3n) is 1.66. The monoisotopic (exact) mass is 200 g/mol. The van der Waals surface area contributed by atoms with Gasteiger partial charge in [-0.15, -0.1) is 11.6 Å². The van der Waals surface area contributed by atoms with Crippen molar-refractivity contribution in [3.05, 3.63) is 23.8 Å². The van der Waals surface area contributed by atoms with Gasteiger partial charge in [-0.1, -0.05) is 6.07 Å². The minimum absolute atomic E-state index is 0.186. The fourth-order valence-corrected chi connectivity index (χ4v) is 1.16. The molecule has 1 rings (SSSR count). The molecule has 0 saturated carbocycles. The van der Waals surface area contributed by atoms with E-state index in [1.807, 2.05) is 0 Å². The Kier molecular flexibility index (Phi) is 3.14. The Morgan fingerprint density at radius 1 is 1.38 bits per heavy atom. The number of hydrogen-bond acceptors (Lipinski definition) is 3. The molecule has 2 N–H and O–H groups in total. The Hall–Kier alpha value is -1.22. The number of rotatable bonds is 3. The number of hydrogen-bond donors (Lipinski definition) is 2. The molecule has 0 saturated heterocycles. The van der Waals surface area contributed by atoms with E-state index < -0.39 is 5.38 Å². The molecule has 0 fully saturated rings. The summed E-state index contributed by atoms with van der Waals surface area (Å²) in [6.07, 6.45) is 0.896. The number of phenols is 2. The maximum atomic E-state index is 10.1. The average Bonchev–Trinajstić information content (AvgIpc) is 2.10. The van der Waals surface area contributed by atoms with Crippen LogP contribution in [0.5, 0.6) is 11.5 Å². The van der Waals surface area contributed by atoms with Crippen molar-refractivity contribution in [3.63, 3.8) is 0 Å². The Morgan fingerprint density at radius 3 is 2.62 bits per heavy atom. The fourth-order valence-electron chi connectivity index (χ4n) is 0.956. The van der Waals surface area contributed by atoms with Crippen molar-refractivity contribution in [2.24, 2.45) is 0 Å². The molecule has 1 atom stereocenters. The molecule has 0 bridgehead atoms. The third kappa shape index (κ3) is 2.36. The highest BCUT2D eigenvalue weighted by Gasteiger charge is 2.09. The van der Waals surface area contributed by atoms with Crippen LogP contribution < -0.4 is 0 Å². The van der Waals surface area contributed by atoms with Crippen LogP contribution in [0, 0.1) is 0 Å². The highest BCUT2D eigenvalue weighted by atomic mass is 35.5. The van der Waals surface area contributed by atoms with Crippen molar-refractivity contribution in [1.29, 1.82) is 0 Å². The molecule has 0 aromatic heterocycles. The number of phenolic OH excluding ortho intramolecular Hbond substituents is 2. The van der Waals surface area contributed by atoms with E-state index in [4.69, 9.17) is 21.8 Å². The van der Waals surface area contributed by atoms with Gasteiger partial charge in [-0.3, -0.25) is 0 Å². The summed E-state index contributed by atoms with van der Waals surface area (Å²) in [6.45, 7) is 0. The molecule has 0 heterocycles. The molecule has 0 aliphatic carbocycles. The molecule has 0 amide bonds. The van der Waals surface area contributed by atoms with Crippen molar-refractivity contribution < 1.29 is 15.0 Å². The Bertz CT molecular complexity index is 312. The lowest BCUT2D eigenvalue weighted by Crippen LogP contribution is -1.90. The zero-order valence-corrected chi connectivity index (χ0v) is 7.53. The lowest BCUT2D eigenvalue weighted by Gasteiger charge is -2.06. The van der Waals surface area contributed by atoms with Gasteiger partial charge in [-0.25, -0.2) is 0 Å².